The number of furan rings is 1. The third-order valence-electron chi connectivity index (χ3n) is 2.92. The number of nitrogens with one attached hydrogen (secondary N) is 1. The molecular weight excluding hydrogens is 298 g/mol. The van der Waals surface area contributed by atoms with Crippen LogP contribution in [0, 0.1) is 6.92 Å². The molecule has 6 heteroatoms. The van der Waals surface area contributed by atoms with Gasteiger partial charge < -0.3 is 4.42 Å². The maximum Gasteiger partial charge on any atom is 0.241 e. The van der Waals surface area contributed by atoms with Gasteiger partial charge >= 0.3 is 0 Å². The van der Waals surface area contributed by atoms with Crippen LogP contribution in [0.15, 0.2) is 46.1 Å². The highest BCUT2D eigenvalue weighted by Gasteiger charge is 2.20. The van der Waals surface area contributed by atoms with E-state index in [1.165, 1.54) is 6.07 Å². The van der Waals surface area contributed by atoms with Crippen LogP contribution in [0.25, 0.3) is 0 Å². The third kappa shape index (κ3) is 3.62. The van der Waals surface area contributed by atoms with Gasteiger partial charge in [0.05, 0.1) is 17.4 Å². The SMILES string of the molecule is Cc1ccc(Cl)cc1S(=O)(=O)NC(C)Cc1ccoc1. The minimum Gasteiger partial charge on any atom is -0.472 e. The summed E-state index contributed by atoms with van der Waals surface area (Å²) in [7, 11) is -3.58. The van der Waals surface area contributed by atoms with Crippen molar-refractivity contribution in [3.05, 3.63) is 52.9 Å². The third-order valence-corrected chi connectivity index (χ3v) is 4.88. The Labute approximate surface area is 123 Å². The minimum absolute atomic E-state index is 0.212. The van der Waals surface area contributed by atoms with Crippen molar-refractivity contribution >= 4 is 21.6 Å². The molecule has 1 N–H and O–H groups in total. The van der Waals surface area contributed by atoms with Crippen LogP contribution < -0.4 is 4.72 Å². The molecule has 1 aromatic heterocycles. The van der Waals surface area contributed by atoms with Crippen molar-refractivity contribution < 1.29 is 12.8 Å². The van der Waals surface area contributed by atoms with Gasteiger partial charge in [0.15, 0.2) is 0 Å². The number of halogens is 1. The summed E-state index contributed by atoms with van der Waals surface area (Å²) in [4.78, 5) is 0.212. The summed E-state index contributed by atoms with van der Waals surface area (Å²) in [5.74, 6) is 0. The van der Waals surface area contributed by atoms with E-state index in [2.05, 4.69) is 4.72 Å². The molecule has 20 heavy (non-hydrogen) atoms. The van der Waals surface area contributed by atoms with Gasteiger partial charge in [-0.15, -0.1) is 0 Å². The van der Waals surface area contributed by atoms with E-state index >= 15 is 0 Å². The van der Waals surface area contributed by atoms with Gasteiger partial charge in [-0.25, -0.2) is 13.1 Å². The largest absolute Gasteiger partial charge is 0.472 e. The van der Waals surface area contributed by atoms with Gasteiger partial charge in [-0.2, -0.15) is 0 Å². The topological polar surface area (TPSA) is 59.3 Å². The van der Waals surface area contributed by atoms with Crippen molar-refractivity contribution in [2.45, 2.75) is 31.2 Å². The molecule has 0 fully saturated rings. The molecule has 2 rings (SSSR count). The normalized spacial score (nSPS) is 13.3. The highest BCUT2D eigenvalue weighted by Crippen LogP contribution is 2.20. The minimum atomic E-state index is -3.58. The molecule has 0 saturated heterocycles. The second kappa shape index (κ2) is 5.99. The molecular formula is C14H16ClNO3S. The van der Waals surface area contributed by atoms with Gasteiger partial charge in [0.2, 0.25) is 10.0 Å². The van der Waals surface area contributed by atoms with Gasteiger partial charge in [0, 0.05) is 11.1 Å². The number of rotatable bonds is 5. The van der Waals surface area contributed by atoms with Crippen molar-refractivity contribution in [1.82, 2.24) is 4.72 Å². The van der Waals surface area contributed by atoms with E-state index in [0.717, 1.165) is 5.56 Å². The van der Waals surface area contributed by atoms with E-state index < -0.39 is 10.0 Å². The summed E-state index contributed by atoms with van der Waals surface area (Å²) in [6, 6.07) is 6.40. The van der Waals surface area contributed by atoms with Crippen molar-refractivity contribution in [3.63, 3.8) is 0 Å². The van der Waals surface area contributed by atoms with Crippen LogP contribution in [0.3, 0.4) is 0 Å². The molecule has 0 aliphatic carbocycles. The van der Waals surface area contributed by atoms with E-state index in [0.29, 0.717) is 17.0 Å². The molecule has 0 amide bonds. The number of hydrogen-bond donors (Lipinski definition) is 1. The summed E-state index contributed by atoms with van der Waals surface area (Å²) >= 11 is 5.87. The monoisotopic (exact) mass is 313 g/mol. The lowest BCUT2D eigenvalue weighted by Gasteiger charge is -2.15. The Hall–Kier alpha value is -1.30. The second-order valence-corrected chi connectivity index (χ2v) is 6.89. The second-order valence-electron chi connectivity index (χ2n) is 4.77. The molecule has 0 saturated carbocycles. The Bertz CT molecular complexity index is 680. The van der Waals surface area contributed by atoms with Crippen LogP contribution in [-0.4, -0.2) is 14.5 Å². The van der Waals surface area contributed by atoms with Crippen LogP contribution in [0.4, 0.5) is 0 Å². The lowest BCUT2D eigenvalue weighted by Crippen LogP contribution is -2.34. The fraction of sp³-hybridized carbons (Fsp3) is 0.286. The quantitative estimate of drug-likeness (QED) is 0.922. The predicted molar refractivity (Wildman–Crippen MR) is 78.4 cm³/mol. The summed E-state index contributed by atoms with van der Waals surface area (Å²) < 4.78 is 32.3. The smallest absolute Gasteiger partial charge is 0.241 e. The number of sulfonamides is 1. The molecule has 1 aromatic carbocycles. The zero-order chi connectivity index (χ0) is 14.8. The zero-order valence-corrected chi connectivity index (χ0v) is 12.8. The Morgan fingerprint density at radius 1 is 1.35 bits per heavy atom. The summed E-state index contributed by atoms with van der Waals surface area (Å²) in [5, 5.41) is 0.401. The average Bonchev–Trinajstić information content (AvgIpc) is 2.84. The summed E-state index contributed by atoms with van der Waals surface area (Å²) in [5.41, 5.74) is 1.61. The van der Waals surface area contributed by atoms with Gasteiger partial charge in [0.25, 0.3) is 0 Å². The average molecular weight is 314 g/mol. The maximum atomic E-state index is 12.4. The number of hydrogen-bond acceptors (Lipinski definition) is 3. The highest BCUT2D eigenvalue weighted by atomic mass is 35.5. The Balaban J connectivity index is 2.16. The number of benzene rings is 1. The fourth-order valence-electron chi connectivity index (χ4n) is 2.00. The first-order chi connectivity index (χ1) is 9.38. The van der Waals surface area contributed by atoms with E-state index in [-0.39, 0.29) is 10.9 Å². The molecule has 1 atom stereocenters. The van der Waals surface area contributed by atoms with Crippen LogP contribution in [0.1, 0.15) is 18.1 Å². The van der Waals surface area contributed by atoms with Crippen molar-refractivity contribution in [2.24, 2.45) is 0 Å². The van der Waals surface area contributed by atoms with Crippen LogP contribution in [-0.2, 0) is 16.4 Å². The maximum absolute atomic E-state index is 12.4. The van der Waals surface area contributed by atoms with Crippen molar-refractivity contribution in [1.29, 1.82) is 0 Å². The Morgan fingerprint density at radius 2 is 2.10 bits per heavy atom. The first-order valence-electron chi connectivity index (χ1n) is 6.18. The standard InChI is InChI=1S/C14H16ClNO3S/c1-10-3-4-13(15)8-14(10)20(17,18)16-11(2)7-12-5-6-19-9-12/h3-6,8-9,11,16H,7H2,1-2H3. The molecule has 108 valence electrons. The molecule has 0 spiro atoms. The summed E-state index contributed by atoms with van der Waals surface area (Å²) in [6.07, 6.45) is 3.74. The molecule has 0 radical (unpaired) electrons. The summed E-state index contributed by atoms with van der Waals surface area (Å²) in [6.45, 7) is 3.55. The lowest BCUT2D eigenvalue weighted by molar-refractivity contribution is 0.549. The molecule has 0 bridgehead atoms. The fourth-order valence-corrected chi connectivity index (χ4v) is 3.75. The van der Waals surface area contributed by atoms with Crippen molar-refractivity contribution in [2.75, 3.05) is 0 Å². The lowest BCUT2D eigenvalue weighted by atomic mass is 10.1. The highest BCUT2D eigenvalue weighted by molar-refractivity contribution is 7.89. The van der Waals surface area contributed by atoms with Gasteiger partial charge in [-0.05, 0) is 49.6 Å². The first kappa shape index (κ1) is 15.1. The molecule has 0 aliphatic heterocycles. The van der Waals surface area contributed by atoms with E-state index in [1.54, 1.807) is 31.6 Å². The molecule has 0 aliphatic rings. The van der Waals surface area contributed by atoms with E-state index in [4.69, 9.17) is 16.0 Å². The molecule has 2 aromatic rings. The molecule has 1 unspecified atom stereocenters. The van der Waals surface area contributed by atoms with E-state index in [9.17, 15) is 8.42 Å². The molecule has 1 heterocycles. The number of aryl methyl sites for hydroxylation is 1. The van der Waals surface area contributed by atoms with Crippen LogP contribution in [0.2, 0.25) is 5.02 Å². The van der Waals surface area contributed by atoms with Crippen LogP contribution in [0.5, 0.6) is 0 Å². The van der Waals surface area contributed by atoms with E-state index in [1.807, 2.05) is 13.0 Å². The molecule has 4 nitrogen and oxygen atoms in total. The van der Waals surface area contributed by atoms with Crippen LogP contribution >= 0.6 is 11.6 Å². The van der Waals surface area contributed by atoms with Gasteiger partial charge in [0.1, 0.15) is 0 Å². The first-order valence-corrected chi connectivity index (χ1v) is 8.04. The van der Waals surface area contributed by atoms with Gasteiger partial charge in [-0.1, -0.05) is 17.7 Å². The van der Waals surface area contributed by atoms with Gasteiger partial charge in [-0.3, -0.25) is 0 Å². The predicted octanol–water partition coefficient (Wildman–Crippen LogP) is 3.15. The van der Waals surface area contributed by atoms with Crippen molar-refractivity contribution in [3.8, 4) is 0 Å². The zero-order valence-electron chi connectivity index (χ0n) is 11.3. The Kier molecular flexibility index (Phi) is 4.52. The Morgan fingerprint density at radius 3 is 2.75 bits per heavy atom.